The van der Waals surface area contributed by atoms with Gasteiger partial charge in [-0.15, -0.1) is 0 Å². The second-order valence-electron chi connectivity index (χ2n) is 1.97. The van der Waals surface area contributed by atoms with Crippen molar-refractivity contribution in [1.82, 2.24) is 5.32 Å². The molecule has 1 fully saturated rings. The molecule has 0 spiro atoms. The SMILES string of the molecule is C1CSCCSCCN1. The molecule has 0 aromatic rings. The Morgan fingerprint density at radius 1 is 0.778 bits per heavy atom. The molecule has 54 valence electrons. The van der Waals surface area contributed by atoms with Crippen molar-refractivity contribution in [3.63, 3.8) is 0 Å². The first kappa shape index (κ1) is 7.76. The fourth-order valence-corrected chi connectivity index (χ4v) is 2.66. The van der Waals surface area contributed by atoms with Crippen molar-refractivity contribution in [3.05, 3.63) is 0 Å². The van der Waals surface area contributed by atoms with E-state index in [1.165, 1.54) is 36.1 Å². The van der Waals surface area contributed by atoms with Gasteiger partial charge < -0.3 is 5.32 Å². The molecule has 1 aliphatic rings. The predicted molar refractivity (Wildman–Crippen MR) is 47.5 cm³/mol. The zero-order valence-corrected chi connectivity index (χ0v) is 7.19. The first-order valence-corrected chi connectivity index (χ1v) is 5.67. The summed E-state index contributed by atoms with van der Waals surface area (Å²) in [6, 6.07) is 0. The minimum absolute atomic E-state index is 1.20. The molecule has 1 N–H and O–H groups in total. The number of thioether (sulfide) groups is 2. The highest BCUT2D eigenvalue weighted by atomic mass is 32.2. The third-order valence-electron chi connectivity index (χ3n) is 1.22. The minimum atomic E-state index is 1.20. The molecule has 0 saturated carbocycles. The standard InChI is InChI=1S/C6H13NS2/c1-3-8-5-6-9-4-2-7-1/h7H,1-6H2. The summed E-state index contributed by atoms with van der Waals surface area (Å²) in [6.07, 6.45) is 0. The van der Waals surface area contributed by atoms with Crippen LogP contribution in [0.15, 0.2) is 0 Å². The maximum atomic E-state index is 3.39. The van der Waals surface area contributed by atoms with E-state index in [4.69, 9.17) is 0 Å². The molecule has 0 amide bonds. The van der Waals surface area contributed by atoms with Gasteiger partial charge in [0, 0.05) is 36.1 Å². The lowest BCUT2D eigenvalue weighted by Crippen LogP contribution is -2.19. The molecule has 0 radical (unpaired) electrons. The molecule has 9 heavy (non-hydrogen) atoms. The van der Waals surface area contributed by atoms with E-state index in [2.05, 4.69) is 28.8 Å². The van der Waals surface area contributed by atoms with Crippen LogP contribution in [-0.4, -0.2) is 36.1 Å². The normalized spacial score (nSPS) is 24.0. The zero-order chi connectivity index (χ0) is 6.36. The summed E-state index contributed by atoms with van der Waals surface area (Å²) in [6.45, 7) is 2.40. The largest absolute Gasteiger partial charge is 0.315 e. The molecular formula is C6H13NS2. The summed E-state index contributed by atoms with van der Waals surface area (Å²) in [7, 11) is 0. The Labute approximate surface area is 65.4 Å². The van der Waals surface area contributed by atoms with Gasteiger partial charge in [0.1, 0.15) is 0 Å². The zero-order valence-electron chi connectivity index (χ0n) is 5.56. The summed E-state index contributed by atoms with van der Waals surface area (Å²) >= 11 is 4.12. The van der Waals surface area contributed by atoms with Gasteiger partial charge in [0.15, 0.2) is 0 Å². The lowest BCUT2D eigenvalue weighted by atomic mass is 10.7. The maximum Gasteiger partial charge on any atom is 0.00584 e. The maximum absolute atomic E-state index is 3.39. The van der Waals surface area contributed by atoms with E-state index in [0.717, 1.165) is 0 Å². The molecular weight excluding hydrogens is 150 g/mol. The Morgan fingerprint density at radius 2 is 1.33 bits per heavy atom. The third-order valence-corrected chi connectivity index (χ3v) is 3.45. The molecule has 0 atom stereocenters. The number of hydrogen-bond acceptors (Lipinski definition) is 3. The van der Waals surface area contributed by atoms with Crippen LogP contribution in [0.5, 0.6) is 0 Å². The van der Waals surface area contributed by atoms with E-state index in [1.807, 2.05) is 0 Å². The predicted octanol–water partition coefficient (Wildman–Crippen LogP) is 1.06. The number of hydrogen-bond donors (Lipinski definition) is 1. The summed E-state index contributed by atoms with van der Waals surface area (Å²) in [5.41, 5.74) is 0. The average Bonchev–Trinajstić information content (AvgIpc) is 2.00. The van der Waals surface area contributed by atoms with Crippen LogP contribution in [0.1, 0.15) is 0 Å². The van der Waals surface area contributed by atoms with Crippen LogP contribution >= 0.6 is 23.5 Å². The van der Waals surface area contributed by atoms with Gasteiger partial charge in [0.05, 0.1) is 0 Å². The Morgan fingerprint density at radius 3 is 1.89 bits per heavy atom. The molecule has 0 aromatic heterocycles. The summed E-state index contributed by atoms with van der Waals surface area (Å²) in [5.74, 6) is 5.26. The van der Waals surface area contributed by atoms with Gasteiger partial charge in [0.25, 0.3) is 0 Å². The van der Waals surface area contributed by atoms with Gasteiger partial charge in [-0.25, -0.2) is 0 Å². The molecule has 1 nitrogen and oxygen atoms in total. The summed E-state index contributed by atoms with van der Waals surface area (Å²) < 4.78 is 0. The van der Waals surface area contributed by atoms with Gasteiger partial charge >= 0.3 is 0 Å². The van der Waals surface area contributed by atoms with Crippen LogP contribution in [0.4, 0.5) is 0 Å². The highest BCUT2D eigenvalue weighted by Gasteiger charge is 1.94. The fraction of sp³-hybridized carbons (Fsp3) is 1.00. The third kappa shape index (κ3) is 4.12. The molecule has 1 heterocycles. The Kier molecular flexibility index (Phi) is 4.70. The molecule has 1 aliphatic heterocycles. The molecule has 0 aliphatic carbocycles. The van der Waals surface area contributed by atoms with Crippen molar-refractivity contribution in [2.75, 3.05) is 36.1 Å². The monoisotopic (exact) mass is 163 g/mol. The van der Waals surface area contributed by atoms with Gasteiger partial charge in [-0.2, -0.15) is 23.5 Å². The van der Waals surface area contributed by atoms with Crippen molar-refractivity contribution in [2.45, 2.75) is 0 Å². The Bertz CT molecular complexity index is 39.5. The molecule has 3 heteroatoms. The van der Waals surface area contributed by atoms with E-state index in [1.54, 1.807) is 0 Å². The van der Waals surface area contributed by atoms with E-state index >= 15 is 0 Å². The highest BCUT2D eigenvalue weighted by molar-refractivity contribution is 8.02. The number of rotatable bonds is 0. The smallest absolute Gasteiger partial charge is 0.00584 e. The second kappa shape index (κ2) is 5.45. The lowest BCUT2D eigenvalue weighted by molar-refractivity contribution is 0.775. The van der Waals surface area contributed by atoms with E-state index in [9.17, 15) is 0 Å². The van der Waals surface area contributed by atoms with Gasteiger partial charge in [-0.05, 0) is 0 Å². The number of nitrogens with one attached hydrogen (secondary N) is 1. The van der Waals surface area contributed by atoms with Crippen molar-refractivity contribution in [1.29, 1.82) is 0 Å². The van der Waals surface area contributed by atoms with Crippen LogP contribution in [0, 0.1) is 0 Å². The van der Waals surface area contributed by atoms with Crippen molar-refractivity contribution < 1.29 is 0 Å². The summed E-state index contributed by atoms with van der Waals surface area (Å²) in [4.78, 5) is 0. The van der Waals surface area contributed by atoms with Crippen LogP contribution < -0.4 is 5.32 Å². The van der Waals surface area contributed by atoms with E-state index < -0.39 is 0 Å². The van der Waals surface area contributed by atoms with Gasteiger partial charge in [0.2, 0.25) is 0 Å². The highest BCUT2D eigenvalue weighted by Crippen LogP contribution is 2.06. The molecule has 0 bridgehead atoms. The second-order valence-corrected chi connectivity index (χ2v) is 4.42. The van der Waals surface area contributed by atoms with Crippen molar-refractivity contribution >= 4 is 23.5 Å². The van der Waals surface area contributed by atoms with Crippen LogP contribution in [0.2, 0.25) is 0 Å². The molecule has 1 rings (SSSR count). The quantitative estimate of drug-likeness (QED) is 0.573. The lowest BCUT2D eigenvalue weighted by Gasteiger charge is -1.97. The molecule has 0 unspecified atom stereocenters. The van der Waals surface area contributed by atoms with E-state index in [0.29, 0.717) is 0 Å². The Hall–Kier alpha value is 0.660. The molecule has 0 aromatic carbocycles. The first-order valence-electron chi connectivity index (χ1n) is 3.36. The van der Waals surface area contributed by atoms with Crippen LogP contribution in [0.3, 0.4) is 0 Å². The van der Waals surface area contributed by atoms with Crippen molar-refractivity contribution in [2.24, 2.45) is 0 Å². The fourth-order valence-electron chi connectivity index (χ4n) is 0.736. The topological polar surface area (TPSA) is 12.0 Å². The van der Waals surface area contributed by atoms with Crippen LogP contribution in [0.25, 0.3) is 0 Å². The molecule has 1 saturated heterocycles. The Balaban J connectivity index is 2.02. The van der Waals surface area contributed by atoms with Crippen LogP contribution in [-0.2, 0) is 0 Å². The average molecular weight is 163 g/mol. The summed E-state index contributed by atoms with van der Waals surface area (Å²) in [5, 5.41) is 3.39. The van der Waals surface area contributed by atoms with Crippen molar-refractivity contribution in [3.8, 4) is 0 Å². The van der Waals surface area contributed by atoms with E-state index in [-0.39, 0.29) is 0 Å². The first-order chi connectivity index (χ1) is 4.50. The minimum Gasteiger partial charge on any atom is -0.315 e. The van der Waals surface area contributed by atoms with Gasteiger partial charge in [-0.1, -0.05) is 0 Å². The van der Waals surface area contributed by atoms with Gasteiger partial charge in [-0.3, -0.25) is 0 Å².